The van der Waals surface area contributed by atoms with Gasteiger partial charge in [0.2, 0.25) is 6.41 Å². The summed E-state index contributed by atoms with van der Waals surface area (Å²) in [5, 5.41) is 18.7. The highest BCUT2D eigenvalue weighted by molar-refractivity contribution is 6.31. The standard InChI is InChI=1S/C18H22ClN7O2/c1-18(2,17-15(19)4-3-5-21-17)24-25-9-14(7-20-11-25)26-8-13(6-23-26)16(10-27)22-12-28/h3-8,11-12,16,24,27H,9-10H2,1-2H3,(H,22,28). The van der Waals surface area contributed by atoms with Gasteiger partial charge < -0.3 is 10.4 Å². The van der Waals surface area contributed by atoms with Crippen molar-refractivity contribution in [3.8, 4) is 0 Å². The number of nitrogens with one attached hydrogen (secondary N) is 2. The van der Waals surface area contributed by atoms with Gasteiger partial charge in [-0.05, 0) is 26.0 Å². The molecule has 0 spiro atoms. The Kier molecular flexibility index (Phi) is 6.08. The van der Waals surface area contributed by atoms with Crippen molar-refractivity contribution in [3.63, 3.8) is 0 Å². The van der Waals surface area contributed by atoms with Gasteiger partial charge in [0.05, 0.1) is 53.5 Å². The number of hydrogen-bond donors (Lipinski definition) is 3. The Hall–Kier alpha value is -2.75. The average Bonchev–Trinajstić information content (AvgIpc) is 3.16. The molecule has 0 aliphatic carbocycles. The third-order valence-corrected chi connectivity index (χ3v) is 4.59. The van der Waals surface area contributed by atoms with Crippen molar-refractivity contribution >= 4 is 30.0 Å². The lowest BCUT2D eigenvalue weighted by molar-refractivity contribution is -0.110. The number of pyridine rings is 1. The van der Waals surface area contributed by atoms with E-state index in [9.17, 15) is 9.90 Å². The topological polar surface area (TPSA) is 108 Å². The Balaban J connectivity index is 1.72. The first-order valence-electron chi connectivity index (χ1n) is 8.68. The van der Waals surface area contributed by atoms with Crippen LogP contribution in [0.3, 0.4) is 0 Å². The van der Waals surface area contributed by atoms with Crippen LogP contribution >= 0.6 is 11.6 Å². The van der Waals surface area contributed by atoms with E-state index in [0.717, 1.165) is 11.4 Å². The van der Waals surface area contributed by atoms with E-state index in [0.29, 0.717) is 23.5 Å². The van der Waals surface area contributed by atoms with Crippen LogP contribution in [0.2, 0.25) is 5.02 Å². The normalized spacial score (nSPS) is 15.3. The van der Waals surface area contributed by atoms with Crippen molar-refractivity contribution in [2.24, 2.45) is 4.99 Å². The van der Waals surface area contributed by atoms with Crippen molar-refractivity contribution in [1.82, 2.24) is 30.5 Å². The Morgan fingerprint density at radius 3 is 3.00 bits per heavy atom. The van der Waals surface area contributed by atoms with Gasteiger partial charge in [-0.2, -0.15) is 5.10 Å². The molecule has 2 aromatic heterocycles. The summed E-state index contributed by atoms with van der Waals surface area (Å²) < 4.78 is 1.66. The number of aromatic nitrogens is 3. The number of hydrazine groups is 1. The van der Waals surface area contributed by atoms with Gasteiger partial charge in [0, 0.05) is 18.0 Å². The van der Waals surface area contributed by atoms with Crippen LogP contribution < -0.4 is 10.7 Å². The number of aliphatic hydroxyl groups excluding tert-OH is 1. The molecular formula is C18H22ClN7O2. The molecule has 148 valence electrons. The summed E-state index contributed by atoms with van der Waals surface area (Å²) >= 11 is 6.29. The van der Waals surface area contributed by atoms with Gasteiger partial charge in [-0.25, -0.2) is 15.1 Å². The quantitative estimate of drug-likeness (QED) is 0.573. The third-order valence-electron chi connectivity index (χ3n) is 4.29. The molecule has 10 heteroatoms. The average molecular weight is 404 g/mol. The van der Waals surface area contributed by atoms with Crippen LogP contribution in [-0.4, -0.2) is 50.8 Å². The predicted octanol–water partition coefficient (Wildman–Crippen LogP) is 1.29. The molecule has 0 aromatic carbocycles. The maximum Gasteiger partial charge on any atom is 0.207 e. The number of aliphatic hydroxyl groups is 1. The van der Waals surface area contributed by atoms with Crippen LogP contribution in [0.1, 0.15) is 31.1 Å². The SMILES string of the molecule is CC(C)(NN1C=NC=C(n2cc(C(CO)NC=O)cn2)C1)c1ncccc1Cl. The van der Waals surface area contributed by atoms with Gasteiger partial charge in [0.1, 0.15) is 6.34 Å². The highest BCUT2D eigenvalue weighted by Crippen LogP contribution is 2.26. The number of rotatable bonds is 8. The van der Waals surface area contributed by atoms with Crippen LogP contribution in [0, 0.1) is 0 Å². The maximum absolute atomic E-state index is 10.7. The fraction of sp³-hybridized carbons (Fsp3) is 0.333. The number of hydrogen-bond acceptors (Lipinski definition) is 7. The second-order valence-corrected chi connectivity index (χ2v) is 7.23. The molecule has 1 amide bonds. The van der Waals surface area contributed by atoms with E-state index >= 15 is 0 Å². The molecule has 3 N–H and O–H groups in total. The monoisotopic (exact) mass is 403 g/mol. The molecular weight excluding hydrogens is 382 g/mol. The lowest BCUT2D eigenvalue weighted by Crippen LogP contribution is -2.50. The van der Waals surface area contributed by atoms with E-state index in [1.807, 2.05) is 18.9 Å². The molecule has 3 heterocycles. The largest absolute Gasteiger partial charge is 0.394 e. The molecule has 0 radical (unpaired) electrons. The van der Waals surface area contributed by atoms with E-state index in [1.165, 1.54) is 0 Å². The predicted molar refractivity (Wildman–Crippen MR) is 106 cm³/mol. The van der Waals surface area contributed by atoms with Crippen LogP contribution in [0.4, 0.5) is 0 Å². The molecule has 0 saturated heterocycles. The van der Waals surface area contributed by atoms with Crippen molar-refractivity contribution in [2.75, 3.05) is 13.2 Å². The minimum Gasteiger partial charge on any atom is -0.394 e. The molecule has 0 bridgehead atoms. The van der Waals surface area contributed by atoms with Gasteiger partial charge in [-0.15, -0.1) is 0 Å². The van der Waals surface area contributed by atoms with Crippen LogP contribution in [0.25, 0.3) is 5.70 Å². The summed E-state index contributed by atoms with van der Waals surface area (Å²) in [5.41, 5.74) is 5.08. The van der Waals surface area contributed by atoms with E-state index in [2.05, 4.69) is 25.8 Å². The minimum atomic E-state index is -0.530. The van der Waals surface area contributed by atoms with E-state index in [1.54, 1.807) is 47.9 Å². The van der Waals surface area contributed by atoms with Gasteiger partial charge in [0.15, 0.2) is 0 Å². The Labute approximate surface area is 167 Å². The highest BCUT2D eigenvalue weighted by Gasteiger charge is 2.27. The summed E-state index contributed by atoms with van der Waals surface area (Å²) in [6, 6.07) is 3.09. The third kappa shape index (κ3) is 4.38. The minimum absolute atomic E-state index is 0.214. The molecule has 3 rings (SSSR count). The fourth-order valence-corrected chi connectivity index (χ4v) is 3.28. The van der Waals surface area contributed by atoms with Crippen LogP contribution in [-0.2, 0) is 10.3 Å². The number of carbonyl (C=O) groups is 1. The molecule has 28 heavy (non-hydrogen) atoms. The van der Waals surface area contributed by atoms with Gasteiger partial charge in [0.25, 0.3) is 0 Å². The van der Waals surface area contributed by atoms with E-state index < -0.39 is 11.6 Å². The number of nitrogens with zero attached hydrogens (tertiary/aromatic N) is 5. The summed E-state index contributed by atoms with van der Waals surface area (Å²) in [5.74, 6) is 0. The summed E-state index contributed by atoms with van der Waals surface area (Å²) in [4.78, 5) is 19.3. The summed E-state index contributed by atoms with van der Waals surface area (Å²) in [7, 11) is 0. The van der Waals surface area contributed by atoms with Gasteiger partial charge >= 0.3 is 0 Å². The lowest BCUT2D eigenvalue weighted by Gasteiger charge is -2.34. The molecule has 0 fully saturated rings. The molecule has 1 unspecified atom stereocenters. The Morgan fingerprint density at radius 2 is 2.29 bits per heavy atom. The molecule has 1 aliphatic rings. The van der Waals surface area contributed by atoms with Crippen LogP contribution in [0.5, 0.6) is 0 Å². The summed E-state index contributed by atoms with van der Waals surface area (Å²) in [6.07, 6.45) is 9.00. The zero-order valence-corrected chi connectivity index (χ0v) is 16.3. The van der Waals surface area contributed by atoms with Crippen molar-refractivity contribution in [3.05, 3.63) is 53.2 Å². The zero-order chi connectivity index (χ0) is 20.1. The zero-order valence-electron chi connectivity index (χ0n) is 15.6. The van der Waals surface area contributed by atoms with Crippen LogP contribution in [0.15, 0.2) is 41.9 Å². The molecule has 0 saturated carbocycles. The van der Waals surface area contributed by atoms with Gasteiger partial charge in [-0.3, -0.25) is 14.8 Å². The first kappa shape index (κ1) is 20.0. The summed E-state index contributed by atoms with van der Waals surface area (Å²) in [6.45, 7) is 4.24. The number of halogens is 1. The molecule has 2 aromatic rings. The first-order valence-corrected chi connectivity index (χ1v) is 9.05. The number of aliphatic imine (C=N–C) groups is 1. The Morgan fingerprint density at radius 1 is 1.46 bits per heavy atom. The maximum atomic E-state index is 10.7. The van der Waals surface area contributed by atoms with E-state index in [4.69, 9.17) is 11.6 Å². The fourth-order valence-electron chi connectivity index (χ4n) is 2.92. The second kappa shape index (κ2) is 8.51. The molecule has 1 aliphatic heterocycles. The molecule has 9 nitrogen and oxygen atoms in total. The smallest absolute Gasteiger partial charge is 0.207 e. The first-order chi connectivity index (χ1) is 13.4. The van der Waals surface area contributed by atoms with Crippen molar-refractivity contribution in [2.45, 2.75) is 25.4 Å². The highest BCUT2D eigenvalue weighted by atomic mass is 35.5. The number of carbonyl (C=O) groups excluding carboxylic acids is 1. The van der Waals surface area contributed by atoms with Gasteiger partial charge in [-0.1, -0.05) is 11.6 Å². The second-order valence-electron chi connectivity index (χ2n) is 6.82. The number of amides is 1. The lowest BCUT2D eigenvalue weighted by atomic mass is 10.0. The van der Waals surface area contributed by atoms with Crippen molar-refractivity contribution < 1.29 is 9.90 Å². The van der Waals surface area contributed by atoms with E-state index in [-0.39, 0.29) is 6.61 Å². The van der Waals surface area contributed by atoms with Crippen molar-refractivity contribution in [1.29, 1.82) is 0 Å². The Bertz CT molecular complexity index is 894. The molecule has 1 atom stereocenters.